The van der Waals surface area contributed by atoms with E-state index < -0.39 is 0 Å². The van der Waals surface area contributed by atoms with Gasteiger partial charge in [0.15, 0.2) is 0 Å². The van der Waals surface area contributed by atoms with Gasteiger partial charge < -0.3 is 20.7 Å². The fourth-order valence-corrected chi connectivity index (χ4v) is 3.95. The lowest BCUT2D eigenvalue weighted by atomic mass is 10.1. The topological polar surface area (TPSA) is 87.9 Å². The van der Waals surface area contributed by atoms with Crippen molar-refractivity contribution in [3.8, 4) is 5.75 Å². The van der Waals surface area contributed by atoms with E-state index >= 15 is 0 Å². The molecule has 0 saturated carbocycles. The number of carbonyl (C=O) groups is 2. The molecule has 0 radical (unpaired) electrons. The summed E-state index contributed by atoms with van der Waals surface area (Å²) in [7, 11) is 0. The molecule has 2 aliphatic rings. The first-order chi connectivity index (χ1) is 13.1. The summed E-state index contributed by atoms with van der Waals surface area (Å²) in [6, 6.07) is 7.64. The number of ether oxygens (including phenoxy) is 1. The molecular formula is C20H32Cl2N4O3. The average Bonchev–Trinajstić information content (AvgIpc) is 3.28. The summed E-state index contributed by atoms with van der Waals surface area (Å²) in [5.74, 6) is 0.420. The van der Waals surface area contributed by atoms with Gasteiger partial charge in [-0.25, -0.2) is 0 Å². The number of nitrogens with zero attached hydrogens (tertiary/aromatic N) is 2. The van der Waals surface area contributed by atoms with E-state index in [-0.39, 0.29) is 42.5 Å². The SMILES string of the molecule is CCN1CCCC1CN1CC(C(=O)Nc2ccc(OCCN)cc2)CC1=O.Cl.Cl. The van der Waals surface area contributed by atoms with E-state index in [2.05, 4.69) is 17.1 Å². The van der Waals surface area contributed by atoms with Crippen molar-refractivity contribution in [3.05, 3.63) is 24.3 Å². The van der Waals surface area contributed by atoms with E-state index in [9.17, 15) is 9.59 Å². The van der Waals surface area contributed by atoms with Gasteiger partial charge in [0, 0.05) is 37.8 Å². The van der Waals surface area contributed by atoms with Gasteiger partial charge in [-0.2, -0.15) is 0 Å². The van der Waals surface area contributed by atoms with Gasteiger partial charge in [0.1, 0.15) is 12.4 Å². The quantitative estimate of drug-likeness (QED) is 0.638. The number of amides is 2. The zero-order valence-electron chi connectivity index (χ0n) is 16.8. The number of rotatable bonds is 8. The van der Waals surface area contributed by atoms with Crippen LogP contribution in [0.3, 0.4) is 0 Å². The Morgan fingerprint density at radius 2 is 2.00 bits per heavy atom. The number of likely N-dealkylation sites (tertiary alicyclic amines) is 2. The molecule has 2 aliphatic heterocycles. The van der Waals surface area contributed by atoms with Gasteiger partial charge in [-0.15, -0.1) is 24.8 Å². The lowest BCUT2D eigenvalue weighted by Gasteiger charge is -2.27. The maximum absolute atomic E-state index is 12.6. The first-order valence-corrected chi connectivity index (χ1v) is 9.86. The second-order valence-corrected chi connectivity index (χ2v) is 7.28. The smallest absolute Gasteiger partial charge is 0.229 e. The number of anilines is 1. The number of halogens is 2. The molecule has 7 nitrogen and oxygen atoms in total. The average molecular weight is 447 g/mol. The molecule has 0 aromatic heterocycles. The highest BCUT2D eigenvalue weighted by Crippen LogP contribution is 2.24. The Balaban J connectivity index is 0.00000210. The number of nitrogens with one attached hydrogen (secondary N) is 1. The number of hydrogen-bond acceptors (Lipinski definition) is 5. The van der Waals surface area contributed by atoms with Crippen LogP contribution in [-0.4, -0.2) is 67.0 Å². The van der Waals surface area contributed by atoms with Gasteiger partial charge in [-0.1, -0.05) is 6.92 Å². The first kappa shape index (κ1) is 25.5. The van der Waals surface area contributed by atoms with Gasteiger partial charge in [0.2, 0.25) is 11.8 Å². The highest BCUT2D eigenvalue weighted by Gasteiger charge is 2.36. The van der Waals surface area contributed by atoms with E-state index in [0.29, 0.717) is 37.8 Å². The second kappa shape index (κ2) is 12.2. The van der Waals surface area contributed by atoms with Crippen molar-refractivity contribution in [3.63, 3.8) is 0 Å². The molecule has 2 atom stereocenters. The number of carbonyl (C=O) groups excluding carboxylic acids is 2. The summed E-state index contributed by atoms with van der Waals surface area (Å²) in [5.41, 5.74) is 6.12. The molecule has 2 saturated heterocycles. The van der Waals surface area contributed by atoms with Crippen LogP contribution >= 0.6 is 24.8 Å². The van der Waals surface area contributed by atoms with Crippen LogP contribution in [0.1, 0.15) is 26.2 Å². The van der Waals surface area contributed by atoms with Crippen LogP contribution in [-0.2, 0) is 9.59 Å². The van der Waals surface area contributed by atoms with Gasteiger partial charge in [-0.3, -0.25) is 14.5 Å². The standard InChI is InChI=1S/C20H30N4O3.2ClH/c1-2-23-10-3-4-17(23)14-24-13-15(12-19(24)25)20(26)22-16-5-7-18(8-6-16)27-11-9-21;;/h5-8,15,17H,2-4,9-14,21H2,1H3,(H,22,26);2*1H. The molecule has 9 heteroatoms. The van der Waals surface area contributed by atoms with Crippen LogP contribution in [0.25, 0.3) is 0 Å². The lowest BCUT2D eigenvalue weighted by Crippen LogP contribution is -2.41. The molecule has 2 heterocycles. The van der Waals surface area contributed by atoms with Crippen LogP contribution in [0.4, 0.5) is 5.69 Å². The zero-order chi connectivity index (χ0) is 19.2. The summed E-state index contributed by atoms with van der Waals surface area (Å²) in [4.78, 5) is 29.2. The summed E-state index contributed by atoms with van der Waals surface area (Å²) in [5, 5.41) is 2.91. The van der Waals surface area contributed by atoms with Gasteiger partial charge in [0.05, 0.1) is 5.92 Å². The predicted molar refractivity (Wildman–Crippen MR) is 119 cm³/mol. The molecule has 2 unspecified atom stereocenters. The van der Waals surface area contributed by atoms with Crippen molar-refractivity contribution in [1.29, 1.82) is 0 Å². The van der Waals surface area contributed by atoms with Gasteiger partial charge >= 0.3 is 0 Å². The van der Waals surface area contributed by atoms with E-state index in [1.807, 2.05) is 4.90 Å². The van der Waals surface area contributed by atoms with Crippen molar-refractivity contribution in [2.45, 2.75) is 32.2 Å². The third-order valence-corrected chi connectivity index (χ3v) is 5.43. The maximum atomic E-state index is 12.6. The van der Waals surface area contributed by atoms with E-state index in [1.165, 1.54) is 6.42 Å². The highest BCUT2D eigenvalue weighted by atomic mass is 35.5. The van der Waals surface area contributed by atoms with Crippen LogP contribution < -0.4 is 15.8 Å². The Hall–Kier alpha value is -1.54. The Bertz CT molecular complexity index is 660. The molecule has 1 aromatic rings. The Kier molecular flexibility index (Phi) is 10.7. The summed E-state index contributed by atoms with van der Waals surface area (Å²) in [6.07, 6.45) is 2.62. The largest absolute Gasteiger partial charge is 0.492 e. The second-order valence-electron chi connectivity index (χ2n) is 7.28. The number of likely N-dealkylation sites (N-methyl/N-ethyl adjacent to an activating group) is 1. The normalized spacial score (nSPS) is 21.4. The van der Waals surface area contributed by atoms with Gasteiger partial charge in [-0.05, 0) is 50.2 Å². The van der Waals surface area contributed by atoms with Crippen molar-refractivity contribution >= 4 is 42.3 Å². The van der Waals surface area contributed by atoms with Crippen LogP contribution in [0.15, 0.2) is 24.3 Å². The summed E-state index contributed by atoms with van der Waals surface area (Å²) < 4.78 is 5.43. The van der Waals surface area contributed by atoms with Crippen LogP contribution in [0, 0.1) is 5.92 Å². The van der Waals surface area contributed by atoms with Crippen molar-refractivity contribution in [1.82, 2.24) is 9.80 Å². The minimum Gasteiger partial charge on any atom is -0.492 e. The molecule has 0 spiro atoms. The highest BCUT2D eigenvalue weighted by molar-refractivity contribution is 5.97. The predicted octanol–water partition coefficient (Wildman–Crippen LogP) is 2.14. The van der Waals surface area contributed by atoms with Crippen molar-refractivity contribution in [2.75, 3.05) is 44.6 Å². The Labute approximate surface area is 185 Å². The minimum atomic E-state index is -0.290. The Morgan fingerprint density at radius 3 is 2.66 bits per heavy atom. The molecule has 3 rings (SSSR count). The summed E-state index contributed by atoms with van der Waals surface area (Å²) in [6.45, 7) is 6.45. The third kappa shape index (κ3) is 6.74. The molecule has 3 N–H and O–H groups in total. The van der Waals surface area contributed by atoms with E-state index in [4.69, 9.17) is 10.5 Å². The monoisotopic (exact) mass is 446 g/mol. The molecule has 2 fully saturated rings. The zero-order valence-corrected chi connectivity index (χ0v) is 18.5. The lowest BCUT2D eigenvalue weighted by molar-refractivity contribution is -0.128. The van der Waals surface area contributed by atoms with Crippen LogP contribution in [0.2, 0.25) is 0 Å². The van der Waals surface area contributed by atoms with Gasteiger partial charge in [0.25, 0.3) is 0 Å². The number of nitrogens with two attached hydrogens (primary N) is 1. The minimum absolute atomic E-state index is 0. The third-order valence-electron chi connectivity index (χ3n) is 5.43. The maximum Gasteiger partial charge on any atom is 0.229 e. The fourth-order valence-electron chi connectivity index (χ4n) is 3.95. The molecule has 29 heavy (non-hydrogen) atoms. The van der Waals surface area contributed by atoms with E-state index in [0.717, 1.165) is 31.8 Å². The van der Waals surface area contributed by atoms with Crippen molar-refractivity contribution in [2.24, 2.45) is 11.7 Å². The van der Waals surface area contributed by atoms with E-state index in [1.54, 1.807) is 24.3 Å². The molecule has 2 amide bonds. The Morgan fingerprint density at radius 1 is 1.28 bits per heavy atom. The number of hydrogen-bond donors (Lipinski definition) is 2. The van der Waals surface area contributed by atoms with Crippen molar-refractivity contribution < 1.29 is 14.3 Å². The molecule has 0 bridgehead atoms. The molecule has 0 aliphatic carbocycles. The fraction of sp³-hybridized carbons (Fsp3) is 0.600. The number of benzene rings is 1. The molecule has 1 aromatic carbocycles. The molecular weight excluding hydrogens is 415 g/mol. The first-order valence-electron chi connectivity index (χ1n) is 9.86. The molecule has 164 valence electrons. The summed E-state index contributed by atoms with van der Waals surface area (Å²) >= 11 is 0. The van der Waals surface area contributed by atoms with Crippen LogP contribution in [0.5, 0.6) is 5.75 Å².